The standard InChI is InChI=1S/C19H25NO4/c1-13-9-15(21)18(2)11-20(10-14-7-5-4-6-8-14)12-19(13,16(18)22)17(23)24-3/h4-8,13,16,22H,9-12H2,1-3H3/t13-,16+,18-,19-/m0/s1. The number of Topliss-reactive ketones (excluding diaryl/α,β-unsaturated/α-hetero) is 1. The Balaban J connectivity index is 1.99. The number of aliphatic hydroxyl groups excluding tert-OH is 1. The monoisotopic (exact) mass is 331 g/mol. The zero-order valence-electron chi connectivity index (χ0n) is 14.5. The zero-order chi connectivity index (χ0) is 17.5. The van der Waals surface area contributed by atoms with Crippen LogP contribution in [0.1, 0.15) is 25.8 Å². The highest BCUT2D eigenvalue weighted by molar-refractivity contribution is 5.91. The smallest absolute Gasteiger partial charge is 0.316 e. The molecule has 5 nitrogen and oxygen atoms in total. The van der Waals surface area contributed by atoms with Gasteiger partial charge >= 0.3 is 5.97 Å². The maximum absolute atomic E-state index is 12.7. The summed E-state index contributed by atoms with van der Waals surface area (Å²) in [5, 5.41) is 11.0. The van der Waals surface area contributed by atoms with E-state index < -0.39 is 22.9 Å². The van der Waals surface area contributed by atoms with Gasteiger partial charge in [-0.15, -0.1) is 0 Å². The molecule has 5 heteroatoms. The fourth-order valence-electron chi connectivity index (χ4n) is 4.51. The highest BCUT2D eigenvalue weighted by Crippen LogP contribution is 2.52. The largest absolute Gasteiger partial charge is 0.468 e. The van der Waals surface area contributed by atoms with Crippen molar-refractivity contribution in [2.45, 2.75) is 32.9 Å². The predicted octanol–water partition coefficient (Wildman–Crippen LogP) is 1.64. The first-order chi connectivity index (χ1) is 11.3. The minimum absolute atomic E-state index is 0.0276. The Labute approximate surface area is 142 Å². The van der Waals surface area contributed by atoms with E-state index in [0.717, 1.165) is 5.56 Å². The number of nitrogens with zero attached hydrogens (tertiary/aromatic N) is 1. The topological polar surface area (TPSA) is 66.8 Å². The van der Waals surface area contributed by atoms with E-state index in [1.165, 1.54) is 7.11 Å². The molecular formula is C19H25NO4. The van der Waals surface area contributed by atoms with Gasteiger partial charge in [-0.05, 0) is 18.4 Å². The number of rotatable bonds is 3. The van der Waals surface area contributed by atoms with E-state index in [1.807, 2.05) is 37.3 Å². The quantitative estimate of drug-likeness (QED) is 0.853. The Morgan fingerprint density at radius 3 is 2.62 bits per heavy atom. The lowest BCUT2D eigenvalue weighted by molar-refractivity contribution is -0.206. The molecule has 1 aliphatic carbocycles. The van der Waals surface area contributed by atoms with E-state index >= 15 is 0 Å². The fourth-order valence-corrected chi connectivity index (χ4v) is 4.51. The molecule has 1 heterocycles. The van der Waals surface area contributed by atoms with E-state index in [0.29, 0.717) is 26.1 Å². The lowest BCUT2D eigenvalue weighted by atomic mass is 9.53. The van der Waals surface area contributed by atoms with Crippen molar-refractivity contribution in [2.24, 2.45) is 16.7 Å². The maximum Gasteiger partial charge on any atom is 0.316 e. The Hall–Kier alpha value is -1.72. The van der Waals surface area contributed by atoms with Crippen molar-refractivity contribution in [3.63, 3.8) is 0 Å². The number of piperidine rings is 1. The number of hydrogen-bond acceptors (Lipinski definition) is 5. The van der Waals surface area contributed by atoms with Crippen LogP contribution >= 0.6 is 0 Å². The summed E-state index contributed by atoms with van der Waals surface area (Å²) >= 11 is 0. The number of aliphatic hydroxyl groups is 1. The van der Waals surface area contributed by atoms with Crippen LogP contribution in [-0.4, -0.2) is 48.1 Å². The summed E-state index contributed by atoms with van der Waals surface area (Å²) in [7, 11) is 1.35. The molecule has 2 bridgehead atoms. The summed E-state index contributed by atoms with van der Waals surface area (Å²) in [6.45, 7) is 5.14. The number of ether oxygens (including phenoxy) is 1. The van der Waals surface area contributed by atoms with Crippen LogP contribution in [0.3, 0.4) is 0 Å². The third-order valence-corrected chi connectivity index (χ3v) is 5.95. The molecule has 3 rings (SSSR count). The number of hydrogen-bond donors (Lipinski definition) is 1. The van der Waals surface area contributed by atoms with Crippen LogP contribution in [0.15, 0.2) is 30.3 Å². The SMILES string of the molecule is COC(=O)[C@@]12CN(Cc3ccccc3)C[C@@](C)(C(=O)C[C@@H]1C)[C@H]2O. The predicted molar refractivity (Wildman–Crippen MR) is 89.1 cm³/mol. The van der Waals surface area contributed by atoms with Crippen molar-refractivity contribution in [1.29, 1.82) is 0 Å². The summed E-state index contributed by atoms with van der Waals surface area (Å²) in [5.41, 5.74) is -0.867. The number of fused-ring (bicyclic) bond motifs is 2. The average Bonchev–Trinajstić information content (AvgIpc) is 2.56. The molecule has 0 unspecified atom stereocenters. The van der Waals surface area contributed by atoms with E-state index in [1.54, 1.807) is 6.92 Å². The van der Waals surface area contributed by atoms with Crippen LogP contribution in [-0.2, 0) is 20.9 Å². The molecule has 0 amide bonds. The Morgan fingerprint density at radius 1 is 1.33 bits per heavy atom. The van der Waals surface area contributed by atoms with Crippen LogP contribution in [0.25, 0.3) is 0 Å². The number of carbonyl (C=O) groups is 2. The average molecular weight is 331 g/mol. The van der Waals surface area contributed by atoms with Crippen LogP contribution in [0.4, 0.5) is 0 Å². The minimum atomic E-state index is -1.05. The molecule has 1 saturated carbocycles. The first-order valence-corrected chi connectivity index (χ1v) is 8.40. The van der Waals surface area contributed by atoms with Crippen LogP contribution in [0.2, 0.25) is 0 Å². The Morgan fingerprint density at radius 2 is 2.00 bits per heavy atom. The van der Waals surface area contributed by atoms with Gasteiger partial charge in [0, 0.05) is 26.1 Å². The van der Waals surface area contributed by atoms with Crippen molar-refractivity contribution in [3.05, 3.63) is 35.9 Å². The molecule has 0 radical (unpaired) electrons. The molecule has 1 aliphatic heterocycles. The lowest BCUT2D eigenvalue weighted by Gasteiger charge is -2.58. The number of ketones is 1. The molecule has 130 valence electrons. The maximum atomic E-state index is 12.7. The van der Waals surface area contributed by atoms with E-state index in [9.17, 15) is 14.7 Å². The molecule has 1 saturated heterocycles. The van der Waals surface area contributed by atoms with E-state index in [4.69, 9.17) is 4.74 Å². The number of esters is 1. The fraction of sp³-hybridized carbons (Fsp3) is 0.579. The first-order valence-electron chi connectivity index (χ1n) is 8.40. The van der Waals surface area contributed by atoms with Gasteiger partial charge in [0.15, 0.2) is 0 Å². The summed E-state index contributed by atoms with van der Waals surface area (Å²) in [4.78, 5) is 27.4. The highest BCUT2D eigenvalue weighted by atomic mass is 16.5. The van der Waals surface area contributed by atoms with E-state index in [2.05, 4.69) is 4.90 Å². The van der Waals surface area contributed by atoms with E-state index in [-0.39, 0.29) is 11.7 Å². The van der Waals surface area contributed by atoms with Gasteiger partial charge in [-0.2, -0.15) is 0 Å². The Kier molecular flexibility index (Phi) is 4.26. The summed E-state index contributed by atoms with van der Waals surface area (Å²) in [5.74, 6) is -0.641. The van der Waals surface area contributed by atoms with Crippen molar-refractivity contribution < 1.29 is 19.4 Å². The molecule has 0 spiro atoms. The van der Waals surface area contributed by atoms with Crippen LogP contribution < -0.4 is 0 Å². The second kappa shape index (κ2) is 5.97. The molecule has 0 aromatic heterocycles. The van der Waals surface area contributed by atoms with Gasteiger partial charge in [-0.3, -0.25) is 14.5 Å². The second-order valence-electron chi connectivity index (χ2n) is 7.51. The zero-order valence-corrected chi connectivity index (χ0v) is 14.5. The summed E-state index contributed by atoms with van der Waals surface area (Å²) in [6, 6.07) is 9.96. The number of methoxy groups -OCH3 is 1. The third-order valence-electron chi connectivity index (χ3n) is 5.95. The Bertz CT molecular complexity index is 646. The first kappa shape index (κ1) is 17.1. The molecule has 24 heavy (non-hydrogen) atoms. The normalized spacial score (nSPS) is 36.4. The van der Waals surface area contributed by atoms with Gasteiger partial charge in [-0.25, -0.2) is 0 Å². The van der Waals surface area contributed by atoms with Crippen molar-refractivity contribution in [3.8, 4) is 0 Å². The molecule has 1 N–H and O–H groups in total. The van der Waals surface area contributed by atoms with Crippen molar-refractivity contribution >= 4 is 11.8 Å². The van der Waals surface area contributed by atoms with Gasteiger partial charge in [0.05, 0.1) is 18.6 Å². The molecule has 1 aromatic rings. The second-order valence-corrected chi connectivity index (χ2v) is 7.51. The minimum Gasteiger partial charge on any atom is -0.468 e. The summed E-state index contributed by atoms with van der Waals surface area (Å²) < 4.78 is 5.05. The highest BCUT2D eigenvalue weighted by Gasteiger charge is 2.66. The van der Waals surface area contributed by atoms with Crippen LogP contribution in [0, 0.1) is 16.7 Å². The lowest BCUT2D eigenvalue weighted by Crippen LogP contribution is -2.71. The molecule has 1 aromatic carbocycles. The molecule has 2 fully saturated rings. The van der Waals surface area contributed by atoms with Crippen molar-refractivity contribution in [1.82, 2.24) is 4.90 Å². The van der Waals surface area contributed by atoms with Gasteiger partial charge in [0.1, 0.15) is 11.2 Å². The number of likely N-dealkylation sites (tertiary alicyclic amines) is 1. The van der Waals surface area contributed by atoms with Crippen LogP contribution in [0.5, 0.6) is 0 Å². The molecule has 2 aliphatic rings. The van der Waals surface area contributed by atoms with Gasteiger partial charge in [-0.1, -0.05) is 37.3 Å². The van der Waals surface area contributed by atoms with Gasteiger partial charge < -0.3 is 9.84 Å². The van der Waals surface area contributed by atoms with Gasteiger partial charge in [0.25, 0.3) is 0 Å². The number of benzene rings is 1. The summed E-state index contributed by atoms with van der Waals surface area (Å²) in [6.07, 6.45) is -0.706. The molecule has 4 atom stereocenters. The number of carbonyl (C=O) groups excluding carboxylic acids is 2. The van der Waals surface area contributed by atoms with Gasteiger partial charge in [0.2, 0.25) is 0 Å². The third kappa shape index (κ3) is 2.38. The molecular weight excluding hydrogens is 306 g/mol. The van der Waals surface area contributed by atoms with Crippen molar-refractivity contribution in [2.75, 3.05) is 20.2 Å².